The molecule has 0 aromatic carbocycles. The Morgan fingerprint density at radius 3 is 2.53 bits per heavy atom. The van der Waals surface area contributed by atoms with Crippen molar-refractivity contribution in [2.45, 2.75) is 33.7 Å². The van der Waals surface area contributed by atoms with Crippen molar-refractivity contribution in [3.63, 3.8) is 0 Å². The summed E-state index contributed by atoms with van der Waals surface area (Å²) >= 11 is 3.36. The Labute approximate surface area is 110 Å². The van der Waals surface area contributed by atoms with Crippen LogP contribution in [0.4, 0.5) is 5.82 Å². The van der Waals surface area contributed by atoms with Gasteiger partial charge in [-0.2, -0.15) is 0 Å². The molecule has 0 aliphatic rings. The van der Waals surface area contributed by atoms with Gasteiger partial charge in [0.2, 0.25) is 5.91 Å². The van der Waals surface area contributed by atoms with Crippen LogP contribution < -0.4 is 11.1 Å². The molecule has 0 spiro atoms. The van der Waals surface area contributed by atoms with Crippen LogP contribution in [0.2, 0.25) is 0 Å². The van der Waals surface area contributed by atoms with E-state index >= 15 is 0 Å². The minimum Gasteiger partial charge on any atom is -0.319 e. The second-order valence-electron chi connectivity index (χ2n) is 5.10. The highest BCUT2D eigenvalue weighted by molar-refractivity contribution is 9.10. The largest absolute Gasteiger partial charge is 0.319 e. The molecule has 0 bridgehead atoms. The predicted molar refractivity (Wildman–Crippen MR) is 72.7 cm³/mol. The molecule has 5 heteroatoms. The maximum Gasteiger partial charge on any atom is 0.242 e. The van der Waals surface area contributed by atoms with E-state index in [1.54, 1.807) is 6.07 Å². The zero-order valence-corrected chi connectivity index (χ0v) is 12.1. The molecule has 0 radical (unpaired) electrons. The van der Waals surface area contributed by atoms with Gasteiger partial charge < -0.3 is 11.1 Å². The van der Waals surface area contributed by atoms with E-state index in [0.29, 0.717) is 5.82 Å². The first kappa shape index (κ1) is 14.1. The molecule has 0 fully saturated rings. The Kier molecular flexibility index (Phi) is 4.27. The van der Waals surface area contributed by atoms with Crippen molar-refractivity contribution >= 4 is 27.7 Å². The number of nitrogens with one attached hydrogen (secondary N) is 1. The number of aryl methyl sites for hydroxylation is 1. The molecule has 1 rings (SSSR count). The number of pyridine rings is 1. The third kappa shape index (κ3) is 3.78. The fourth-order valence-corrected chi connectivity index (χ4v) is 1.43. The van der Waals surface area contributed by atoms with Crippen LogP contribution in [0, 0.1) is 12.3 Å². The second-order valence-corrected chi connectivity index (χ2v) is 5.95. The van der Waals surface area contributed by atoms with Crippen LogP contribution in [0.25, 0.3) is 0 Å². The lowest BCUT2D eigenvalue weighted by Gasteiger charge is -2.25. The quantitative estimate of drug-likeness (QED) is 0.881. The molecule has 3 N–H and O–H groups in total. The van der Waals surface area contributed by atoms with Gasteiger partial charge in [0.25, 0.3) is 0 Å². The van der Waals surface area contributed by atoms with Crippen molar-refractivity contribution in [2.24, 2.45) is 11.1 Å². The Morgan fingerprint density at radius 1 is 1.47 bits per heavy atom. The fourth-order valence-electron chi connectivity index (χ4n) is 1.21. The second kappa shape index (κ2) is 5.14. The van der Waals surface area contributed by atoms with Gasteiger partial charge in [-0.25, -0.2) is 4.98 Å². The zero-order valence-electron chi connectivity index (χ0n) is 10.5. The van der Waals surface area contributed by atoms with Gasteiger partial charge in [0, 0.05) is 4.47 Å². The monoisotopic (exact) mass is 299 g/mol. The number of aromatic nitrogens is 1. The van der Waals surface area contributed by atoms with Crippen molar-refractivity contribution < 1.29 is 4.79 Å². The smallest absolute Gasteiger partial charge is 0.242 e. The van der Waals surface area contributed by atoms with E-state index in [1.807, 2.05) is 33.8 Å². The molecule has 1 heterocycles. The molecule has 0 saturated carbocycles. The molecule has 1 aromatic heterocycles. The lowest BCUT2D eigenvalue weighted by Crippen LogP contribution is -2.45. The van der Waals surface area contributed by atoms with E-state index in [1.165, 1.54) is 0 Å². The average Bonchev–Trinajstić information content (AvgIpc) is 2.21. The summed E-state index contributed by atoms with van der Waals surface area (Å²) in [6.07, 6.45) is 0. The summed E-state index contributed by atoms with van der Waals surface area (Å²) in [6.45, 7) is 7.65. The highest BCUT2D eigenvalue weighted by Gasteiger charge is 2.27. The van der Waals surface area contributed by atoms with Gasteiger partial charge in [0.05, 0.1) is 11.7 Å². The number of anilines is 1. The van der Waals surface area contributed by atoms with Crippen LogP contribution in [0.1, 0.15) is 26.5 Å². The first-order valence-electron chi connectivity index (χ1n) is 5.41. The number of carbonyl (C=O) groups is 1. The van der Waals surface area contributed by atoms with E-state index in [-0.39, 0.29) is 11.3 Å². The van der Waals surface area contributed by atoms with Crippen LogP contribution in [-0.4, -0.2) is 16.9 Å². The van der Waals surface area contributed by atoms with Crippen molar-refractivity contribution in [2.75, 3.05) is 5.32 Å². The van der Waals surface area contributed by atoms with Crippen LogP contribution in [0.15, 0.2) is 16.6 Å². The summed E-state index contributed by atoms with van der Waals surface area (Å²) in [4.78, 5) is 16.1. The van der Waals surface area contributed by atoms with Crippen molar-refractivity contribution in [3.8, 4) is 0 Å². The Hall–Kier alpha value is -0.940. The number of halogens is 1. The van der Waals surface area contributed by atoms with Gasteiger partial charge in [0.1, 0.15) is 5.82 Å². The molecular weight excluding hydrogens is 282 g/mol. The van der Waals surface area contributed by atoms with E-state index in [4.69, 9.17) is 5.73 Å². The molecule has 0 aliphatic heterocycles. The van der Waals surface area contributed by atoms with Gasteiger partial charge in [-0.3, -0.25) is 4.79 Å². The van der Waals surface area contributed by atoms with E-state index in [2.05, 4.69) is 26.2 Å². The number of rotatable bonds is 2. The molecule has 4 nitrogen and oxygen atoms in total. The van der Waals surface area contributed by atoms with Crippen LogP contribution in [0.5, 0.6) is 0 Å². The molecule has 94 valence electrons. The molecule has 0 saturated heterocycles. The molecule has 17 heavy (non-hydrogen) atoms. The molecule has 0 unspecified atom stereocenters. The lowest BCUT2D eigenvalue weighted by molar-refractivity contribution is -0.119. The molecule has 0 aliphatic carbocycles. The van der Waals surface area contributed by atoms with Crippen LogP contribution >= 0.6 is 15.9 Å². The van der Waals surface area contributed by atoms with E-state index in [0.717, 1.165) is 10.2 Å². The van der Waals surface area contributed by atoms with Gasteiger partial charge in [-0.05, 0) is 40.4 Å². The summed E-state index contributed by atoms with van der Waals surface area (Å²) in [6, 6.07) is 3.03. The zero-order chi connectivity index (χ0) is 13.2. The lowest BCUT2D eigenvalue weighted by atomic mass is 9.87. The van der Waals surface area contributed by atoms with Gasteiger partial charge in [-0.15, -0.1) is 0 Å². The topological polar surface area (TPSA) is 68.0 Å². The summed E-state index contributed by atoms with van der Waals surface area (Å²) in [7, 11) is 0. The number of nitrogens with two attached hydrogens (primary N) is 1. The molecule has 1 atom stereocenters. The first-order valence-corrected chi connectivity index (χ1v) is 6.20. The highest BCUT2D eigenvalue weighted by Crippen LogP contribution is 2.20. The Bertz CT molecular complexity index is 426. The first-order chi connectivity index (χ1) is 7.71. The highest BCUT2D eigenvalue weighted by atomic mass is 79.9. The van der Waals surface area contributed by atoms with Crippen LogP contribution in [0.3, 0.4) is 0 Å². The maximum atomic E-state index is 11.9. The minimum atomic E-state index is -0.562. The Morgan fingerprint density at radius 2 is 2.06 bits per heavy atom. The summed E-state index contributed by atoms with van der Waals surface area (Å²) in [5, 5.41) is 2.72. The minimum absolute atomic E-state index is 0.216. The Balaban J connectivity index is 2.78. The normalized spacial score (nSPS) is 13.3. The van der Waals surface area contributed by atoms with Crippen molar-refractivity contribution in [1.82, 2.24) is 4.98 Å². The molecular formula is C12H18BrN3O. The van der Waals surface area contributed by atoms with E-state index in [9.17, 15) is 4.79 Å². The number of hydrogen-bond acceptors (Lipinski definition) is 3. The number of hydrogen-bond donors (Lipinski definition) is 2. The van der Waals surface area contributed by atoms with Crippen LogP contribution in [-0.2, 0) is 4.79 Å². The fraction of sp³-hybridized carbons (Fsp3) is 0.500. The van der Waals surface area contributed by atoms with Crippen molar-refractivity contribution in [1.29, 1.82) is 0 Å². The van der Waals surface area contributed by atoms with Gasteiger partial charge in [-0.1, -0.05) is 20.8 Å². The third-order valence-electron chi connectivity index (χ3n) is 2.49. The van der Waals surface area contributed by atoms with Gasteiger partial charge in [0.15, 0.2) is 0 Å². The van der Waals surface area contributed by atoms with E-state index < -0.39 is 6.04 Å². The summed E-state index contributed by atoms with van der Waals surface area (Å²) in [5.41, 5.74) is 6.42. The standard InChI is InChI=1S/C12H18BrN3O/c1-7-8(13)5-6-9(15-7)16-11(17)10(14)12(2,3)4/h5-6,10H,14H2,1-4H3,(H,15,16,17)/t10-/m1/s1. The molecule has 1 amide bonds. The SMILES string of the molecule is Cc1nc(NC(=O)[C@@H](N)C(C)(C)C)ccc1Br. The maximum absolute atomic E-state index is 11.9. The third-order valence-corrected chi connectivity index (χ3v) is 3.33. The van der Waals surface area contributed by atoms with Gasteiger partial charge >= 0.3 is 0 Å². The number of nitrogens with zero attached hydrogens (tertiary/aromatic N) is 1. The predicted octanol–water partition coefficient (Wildman–Crippen LogP) is 2.46. The average molecular weight is 300 g/mol. The van der Waals surface area contributed by atoms with Crippen molar-refractivity contribution in [3.05, 3.63) is 22.3 Å². The molecule has 1 aromatic rings. The summed E-state index contributed by atoms with van der Waals surface area (Å²) < 4.78 is 0.913. The number of carbonyl (C=O) groups excluding carboxylic acids is 1. The number of amides is 1. The summed E-state index contributed by atoms with van der Waals surface area (Å²) in [5.74, 6) is 0.308.